The summed E-state index contributed by atoms with van der Waals surface area (Å²) in [6.07, 6.45) is 0. The standard InChI is InChI=1S/C14H22BrFN2O/c1-4-18(10(2)9-19-3)14(8-17)12-7-11(15)5-6-13(12)16/h5-7,10,14H,4,8-9,17H2,1-3H3. The van der Waals surface area contributed by atoms with Crippen LogP contribution in [-0.2, 0) is 4.74 Å². The van der Waals surface area contributed by atoms with Gasteiger partial charge in [0.05, 0.1) is 12.6 Å². The lowest BCUT2D eigenvalue weighted by Gasteiger charge is -2.35. The molecule has 0 saturated carbocycles. The van der Waals surface area contributed by atoms with E-state index in [2.05, 4.69) is 27.8 Å². The molecule has 19 heavy (non-hydrogen) atoms. The van der Waals surface area contributed by atoms with Gasteiger partial charge in [-0.25, -0.2) is 4.39 Å². The van der Waals surface area contributed by atoms with Gasteiger partial charge in [0.2, 0.25) is 0 Å². The van der Waals surface area contributed by atoms with Gasteiger partial charge in [0.15, 0.2) is 0 Å². The average Bonchev–Trinajstić information content (AvgIpc) is 2.39. The van der Waals surface area contributed by atoms with E-state index < -0.39 is 0 Å². The number of ether oxygens (including phenoxy) is 1. The van der Waals surface area contributed by atoms with Gasteiger partial charge in [-0.1, -0.05) is 22.9 Å². The van der Waals surface area contributed by atoms with Gasteiger partial charge in [-0.15, -0.1) is 0 Å². The molecule has 0 aliphatic heterocycles. The van der Waals surface area contributed by atoms with Gasteiger partial charge in [-0.3, -0.25) is 4.90 Å². The molecule has 1 aromatic carbocycles. The minimum Gasteiger partial charge on any atom is -0.383 e. The number of nitrogens with two attached hydrogens (primary N) is 1. The summed E-state index contributed by atoms with van der Waals surface area (Å²) in [6.45, 7) is 5.86. The Labute approximate surface area is 123 Å². The predicted octanol–water partition coefficient (Wildman–Crippen LogP) is 2.94. The number of benzene rings is 1. The van der Waals surface area contributed by atoms with Gasteiger partial charge in [-0.05, 0) is 31.7 Å². The molecule has 1 rings (SSSR count). The van der Waals surface area contributed by atoms with E-state index >= 15 is 0 Å². The monoisotopic (exact) mass is 332 g/mol. The Balaban J connectivity index is 3.06. The maximum absolute atomic E-state index is 14.0. The molecule has 0 amide bonds. The molecular formula is C14H22BrFN2O. The zero-order valence-corrected chi connectivity index (χ0v) is 13.3. The molecule has 3 nitrogen and oxygen atoms in total. The van der Waals surface area contributed by atoms with Crippen LogP contribution in [0.2, 0.25) is 0 Å². The van der Waals surface area contributed by atoms with Crippen LogP contribution in [0.25, 0.3) is 0 Å². The fourth-order valence-electron chi connectivity index (χ4n) is 2.39. The first-order valence-electron chi connectivity index (χ1n) is 6.44. The van der Waals surface area contributed by atoms with Crippen molar-refractivity contribution in [3.63, 3.8) is 0 Å². The first-order valence-corrected chi connectivity index (χ1v) is 7.24. The van der Waals surface area contributed by atoms with Gasteiger partial charge in [-0.2, -0.15) is 0 Å². The van der Waals surface area contributed by atoms with Crippen molar-refractivity contribution in [1.82, 2.24) is 4.90 Å². The minimum atomic E-state index is -0.221. The summed E-state index contributed by atoms with van der Waals surface area (Å²) in [6, 6.07) is 5.00. The van der Waals surface area contributed by atoms with Crippen LogP contribution >= 0.6 is 15.9 Å². The Bertz CT molecular complexity index is 403. The molecule has 0 spiro atoms. The molecule has 0 aliphatic carbocycles. The Kier molecular flexibility index (Phi) is 6.93. The van der Waals surface area contributed by atoms with E-state index in [1.54, 1.807) is 19.2 Å². The number of halogens is 2. The van der Waals surface area contributed by atoms with Crippen molar-refractivity contribution in [3.8, 4) is 0 Å². The molecule has 5 heteroatoms. The summed E-state index contributed by atoms with van der Waals surface area (Å²) in [5.41, 5.74) is 6.50. The highest BCUT2D eigenvalue weighted by atomic mass is 79.9. The molecule has 0 radical (unpaired) electrons. The third-order valence-corrected chi connectivity index (χ3v) is 3.77. The minimum absolute atomic E-state index is 0.146. The molecule has 0 bridgehead atoms. The van der Waals surface area contributed by atoms with Crippen molar-refractivity contribution >= 4 is 15.9 Å². The van der Waals surface area contributed by atoms with Crippen molar-refractivity contribution in [2.75, 3.05) is 26.8 Å². The van der Waals surface area contributed by atoms with Gasteiger partial charge in [0.1, 0.15) is 5.82 Å². The van der Waals surface area contributed by atoms with E-state index in [0.717, 1.165) is 11.0 Å². The largest absolute Gasteiger partial charge is 0.383 e. The van der Waals surface area contributed by atoms with E-state index in [-0.39, 0.29) is 17.9 Å². The lowest BCUT2D eigenvalue weighted by molar-refractivity contribution is 0.0740. The second-order valence-electron chi connectivity index (χ2n) is 4.55. The van der Waals surface area contributed by atoms with Crippen LogP contribution in [0.4, 0.5) is 4.39 Å². The van der Waals surface area contributed by atoms with Crippen molar-refractivity contribution < 1.29 is 9.13 Å². The van der Waals surface area contributed by atoms with Crippen molar-refractivity contribution in [2.45, 2.75) is 25.9 Å². The molecule has 2 atom stereocenters. The van der Waals surface area contributed by atoms with E-state index in [4.69, 9.17) is 10.5 Å². The number of methoxy groups -OCH3 is 1. The van der Waals surface area contributed by atoms with E-state index in [1.165, 1.54) is 6.07 Å². The molecule has 2 N–H and O–H groups in total. The average molecular weight is 333 g/mol. The second-order valence-corrected chi connectivity index (χ2v) is 5.47. The molecular weight excluding hydrogens is 311 g/mol. The van der Waals surface area contributed by atoms with Crippen LogP contribution in [0.15, 0.2) is 22.7 Å². The predicted molar refractivity (Wildman–Crippen MR) is 79.6 cm³/mol. The normalized spacial score (nSPS) is 14.7. The highest BCUT2D eigenvalue weighted by molar-refractivity contribution is 9.10. The van der Waals surface area contributed by atoms with Gasteiger partial charge < -0.3 is 10.5 Å². The molecule has 0 heterocycles. The molecule has 108 valence electrons. The number of likely N-dealkylation sites (N-methyl/N-ethyl adjacent to an activating group) is 1. The topological polar surface area (TPSA) is 38.5 Å². The van der Waals surface area contributed by atoms with Gasteiger partial charge >= 0.3 is 0 Å². The Morgan fingerprint density at radius 3 is 2.68 bits per heavy atom. The van der Waals surface area contributed by atoms with E-state index in [9.17, 15) is 4.39 Å². The van der Waals surface area contributed by atoms with Crippen LogP contribution in [0.3, 0.4) is 0 Å². The summed E-state index contributed by atoms with van der Waals surface area (Å²) >= 11 is 3.38. The summed E-state index contributed by atoms with van der Waals surface area (Å²) < 4.78 is 20.1. The third-order valence-electron chi connectivity index (χ3n) is 3.28. The Morgan fingerprint density at radius 2 is 2.16 bits per heavy atom. The second kappa shape index (κ2) is 7.94. The Morgan fingerprint density at radius 1 is 1.47 bits per heavy atom. The SMILES string of the molecule is CCN(C(C)COC)C(CN)c1cc(Br)ccc1F. The lowest BCUT2D eigenvalue weighted by Crippen LogP contribution is -2.42. The van der Waals surface area contributed by atoms with Crippen LogP contribution in [0, 0.1) is 5.82 Å². The number of hydrogen-bond donors (Lipinski definition) is 1. The molecule has 1 aromatic rings. The van der Waals surface area contributed by atoms with Crippen molar-refractivity contribution in [2.24, 2.45) is 5.73 Å². The summed E-state index contributed by atoms with van der Waals surface area (Å²) in [4.78, 5) is 2.16. The summed E-state index contributed by atoms with van der Waals surface area (Å²) in [5, 5.41) is 0. The molecule has 0 fully saturated rings. The quantitative estimate of drug-likeness (QED) is 0.834. The smallest absolute Gasteiger partial charge is 0.128 e. The molecule has 0 saturated heterocycles. The summed E-state index contributed by atoms with van der Waals surface area (Å²) in [7, 11) is 1.67. The molecule has 0 aliphatic rings. The van der Waals surface area contributed by atoms with Crippen LogP contribution in [0.1, 0.15) is 25.5 Å². The molecule has 0 aromatic heterocycles. The first kappa shape index (κ1) is 16.6. The fraction of sp³-hybridized carbons (Fsp3) is 0.571. The number of nitrogens with zero attached hydrogens (tertiary/aromatic N) is 1. The maximum Gasteiger partial charge on any atom is 0.128 e. The maximum atomic E-state index is 14.0. The zero-order valence-electron chi connectivity index (χ0n) is 11.7. The Hall–Kier alpha value is -0.490. The van der Waals surface area contributed by atoms with Gasteiger partial charge in [0.25, 0.3) is 0 Å². The number of rotatable bonds is 7. The number of hydrogen-bond acceptors (Lipinski definition) is 3. The zero-order chi connectivity index (χ0) is 14.4. The van der Waals surface area contributed by atoms with E-state index in [1.807, 2.05) is 6.92 Å². The van der Waals surface area contributed by atoms with Crippen molar-refractivity contribution in [1.29, 1.82) is 0 Å². The lowest BCUT2D eigenvalue weighted by atomic mass is 10.0. The van der Waals surface area contributed by atoms with Crippen LogP contribution < -0.4 is 5.73 Å². The van der Waals surface area contributed by atoms with Crippen LogP contribution in [-0.4, -0.2) is 37.7 Å². The highest BCUT2D eigenvalue weighted by Gasteiger charge is 2.25. The first-order chi connectivity index (χ1) is 9.04. The highest BCUT2D eigenvalue weighted by Crippen LogP contribution is 2.27. The van der Waals surface area contributed by atoms with Crippen LogP contribution in [0.5, 0.6) is 0 Å². The summed E-state index contributed by atoms with van der Waals surface area (Å²) in [5.74, 6) is -0.221. The molecule has 2 unspecified atom stereocenters. The van der Waals surface area contributed by atoms with E-state index in [0.29, 0.717) is 18.7 Å². The van der Waals surface area contributed by atoms with Gasteiger partial charge in [0, 0.05) is 29.7 Å². The fourth-order valence-corrected chi connectivity index (χ4v) is 2.77. The third kappa shape index (κ3) is 4.24. The van der Waals surface area contributed by atoms with Crippen molar-refractivity contribution in [3.05, 3.63) is 34.1 Å².